The van der Waals surface area contributed by atoms with E-state index in [2.05, 4.69) is 10.6 Å². The van der Waals surface area contributed by atoms with Crippen LogP contribution < -0.4 is 10.6 Å². The van der Waals surface area contributed by atoms with Crippen LogP contribution in [0.2, 0.25) is 0 Å². The highest BCUT2D eigenvalue weighted by atomic mass is 16.2. The van der Waals surface area contributed by atoms with Crippen LogP contribution in [0.5, 0.6) is 0 Å². The first kappa shape index (κ1) is 14.8. The van der Waals surface area contributed by atoms with Crippen LogP contribution in [0.1, 0.15) is 11.7 Å². The number of nitrogens with zero attached hydrogens (tertiary/aromatic N) is 2. The number of urea groups is 2. The SMILES string of the molecule is CN(C)C(=O)NC(NC(=O)N(C)C)c1ccccc1. The van der Waals surface area contributed by atoms with Crippen LogP contribution >= 0.6 is 0 Å². The molecule has 0 aliphatic rings. The third-order valence-corrected chi connectivity index (χ3v) is 2.48. The molecule has 6 nitrogen and oxygen atoms in total. The lowest BCUT2D eigenvalue weighted by atomic mass is 10.2. The average Bonchev–Trinajstić information content (AvgIpc) is 2.38. The second kappa shape index (κ2) is 6.63. The zero-order valence-corrected chi connectivity index (χ0v) is 11.7. The Hall–Kier alpha value is -2.24. The number of benzene rings is 1. The smallest absolute Gasteiger partial charge is 0.318 e. The Morgan fingerprint density at radius 3 is 1.68 bits per heavy atom. The lowest BCUT2D eigenvalue weighted by Crippen LogP contribution is -2.47. The van der Waals surface area contributed by atoms with Crippen molar-refractivity contribution in [1.82, 2.24) is 20.4 Å². The summed E-state index contributed by atoms with van der Waals surface area (Å²) in [6, 6.07) is 8.73. The number of hydrogen-bond acceptors (Lipinski definition) is 2. The average molecular weight is 264 g/mol. The van der Waals surface area contributed by atoms with Crippen molar-refractivity contribution in [2.45, 2.75) is 6.17 Å². The van der Waals surface area contributed by atoms with Crippen molar-refractivity contribution in [2.24, 2.45) is 0 Å². The summed E-state index contributed by atoms with van der Waals surface area (Å²) < 4.78 is 0. The van der Waals surface area contributed by atoms with Gasteiger partial charge in [0.05, 0.1) is 0 Å². The van der Waals surface area contributed by atoms with E-state index in [0.717, 1.165) is 5.56 Å². The van der Waals surface area contributed by atoms with Gasteiger partial charge >= 0.3 is 12.1 Å². The molecule has 104 valence electrons. The second-order valence-corrected chi connectivity index (χ2v) is 4.53. The van der Waals surface area contributed by atoms with E-state index in [4.69, 9.17) is 0 Å². The molecule has 19 heavy (non-hydrogen) atoms. The van der Waals surface area contributed by atoms with Gasteiger partial charge in [-0.15, -0.1) is 0 Å². The molecule has 0 saturated carbocycles. The highest BCUT2D eigenvalue weighted by molar-refractivity contribution is 5.77. The molecule has 0 bridgehead atoms. The summed E-state index contributed by atoms with van der Waals surface area (Å²) in [6.07, 6.45) is -0.564. The lowest BCUT2D eigenvalue weighted by Gasteiger charge is -2.24. The molecule has 0 unspecified atom stereocenters. The summed E-state index contributed by atoms with van der Waals surface area (Å²) in [6.45, 7) is 0. The molecular weight excluding hydrogens is 244 g/mol. The highest BCUT2D eigenvalue weighted by Crippen LogP contribution is 2.10. The van der Waals surface area contributed by atoms with E-state index in [0.29, 0.717) is 0 Å². The fourth-order valence-electron chi connectivity index (χ4n) is 1.35. The molecule has 1 rings (SSSR count). The number of nitrogens with one attached hydrogen (secondary N) is 2. The van der Waals surface area contributed by atoms with Gasteiger partial charge in [-0.05, 0) is 5.56 Å². The topological polar surface area (TPSA) is 64.7 Å². The van der Waals surface area contributed by atoms with Gasteiger partial charge < -0.3 is 20.4 Å². The Labute approximate surface area is 113 Å². The zero-order chi connectivity index (χ0) is 14.4. The number of amides is 4. The van der Waals surface area contributed by atoms with E-state index in [-0.39, 0.29) is 12.1 Å². The van der Waals surface area contributed by atoms with Gasteiger partial charge in [-0.2, -0.15) is 0 Å². The Kier molecular flexibility index (Phi) is 5.17. The van der Waals surface area contributed by atoms with Crippen LogP contribution in [-0.4, -0.2) is 50.1 Å². The minimum atomic E-state index is -0.564. The van der Waals surface area contributed by atoms with Crippen molar-refractivity contribution in [1.29, 1.82) is 0 Å². The minimum absolute atomic E-state index is 0.270. The van der Waals surface area contributed by atoms with Crippen molar-refractivity contribution in [3.63, 3.8) is 0 Å². The Bertz CT molecular complexity index is 410. The van der Waals surface area contributed by atoms with E-state index in [1.807, 2.05) is 30.3 Å². The van der Waals surface area contributed by atoms with Crippen molar-refractivity contribution < 1.29 is 9.59 Å². The Morgan fingerprint density at radius 1 is 0.895 bits per heavy atom. The van der Waals surface area contributed by atoms with Crippen molar-refractivity contribution in [2.75, 3.05) is 28.2 Å². The van der Waals surface area contributed by atoms with E-state index in [1.54, 1.807) is 28.2 Å². The Morgan fingerprint density at radius 2 is 1.32 bits per heavy atom. The molecule has 0 aliphatic carbocycles. The van der Waals surface area contributed by atoms with Crippen LogP contribution in [0.25, 0.3) is 0 Å². The Balaban J connectivity index is 2.85. The fourth-order valence-corrected chi connectivity index (χ4v) is 1.35. The van der Waals surface area contributed by atoms with E-state index in [9.17, 15) is 9.59 Å². The number of hydrogen-bond donors (Lipinski definition) is 2. The normalized spacial score (nSPS) is 9.95. The van der Waals surface area contributed by atoms with E-state index >= 15 is 0 Å². The van der Waals surface area contributed by atoms with Crippen molar-refractivity contribution in [3.05, 3.63) is 35.9 Å². The van der Waals surface area contributed by atoms with Gasteiger partial charge in [0.1, 0.15) is 6.17 Å². The summed E-state index contributed by atoms with van der Waals surface area (Å²) in [7, 11) is 6.58. The molecule has 0 atom stereocenters. The van der Waals surface area contributed by atoms with Crippen molar-refractivity contribution in [3.8, 4) is 0 Å². The molecule has 1 aromatic carbocycles. The van der Waals surface area contributed by atoms with E-state index in [1.165, 1.54) is 9.80 Å². The number of rotatable bonds is 3. The molecule has 2 N–H and O–H groups in total. The first-order valence-electron chi connectivity index (χ1n) is 5.92. The molecule has 0 spiro atoms. The van der Waals surface area contributed by atoms with Crippen LogP contribution in [0.4, 0.5) is 9.59 Å². The molecule has 0 saturated heterocycles. The van der Waals surface area contributed by atoms with Gasteiger partial charge in [-0.1, -0.05) is 30.3 Å². The van der Waals surface area contributed by atoms with Crippen LogP contribution in [0, 0.1) is 0 Å². The zero-order valence-electron chi connectivity index (χ0n) is 11.7. The van der Waals surface area contributed by atoms with Crippen LogP contribution in [0.15, 0.2) is 30.3 Å². The summed E-state index contributed by atoms with van der Waals surface area (Å²) in [5.41, 5.74) is 0.813. The maximum absolute atomic E-state index is 11.7. The first-order chi connectivity index (χ1) is 8.91. The van der Waals surface area contributed by atoms with E-state index < -0.39 is 6.17 Å². The predicted molar refractivity (Wildman–Crippen MR) is 73.6 cm³/mol. The molecule has 0 aromatic heterocycles. The first-order valence-corrected chi connectivity index (χ1v) is 5.92. The molecule has 0 radical (unpaired) electrons. The monoisotopic (exact) mass is 264 g/mol. The predicted octanol–water partition coefficient (Wildman–Crippen LogP) is 1.23. The van der Waals surface area contributed by atoms with Gasteiger partial charge in [0.2, 0.25) is 0 Å². The van der Waals surface area contributed by atoms with Crippen molar-refractivity contribution >= 4 is 12.1 Å². The second-order valence-electron chi connectivity index (χ2n) is 4.53. The summed E-state index contributed by atoms with van der Waals surface area (Å²) in [5.74, 6) is 0. The third kappa shape index (κ3) is 4.50. The molecular formula is C13H20N4O2. The van der Waals surface area contributed by atoms with Gasteiger partial charge in [-0.25, -0.2) is 9.59 Å². The van der Waals surface area contributed by atoms with Gasteiger partial charge in [0.15, 0.2) is 0 Å². The largest absolute Gasteiger partial charge is 0.331 e. The molecule has 6 heteroatoms. The number of carbonyl (C=O) groups excluding carboxylic acids is 2. The van der Waals surface area contributed by atoms with Crippen LogP contribution in [-0.2, 0) is 0 Å². The summed E-state index contributed by atoms with van der Waals surface area (Å²) in [5, 5.41) is 5.49. The number of carbonyl (C=O) groups is 2. The minimum Gasteiger partial charge on any atom is -0.331 e. The third-order valence-electron chi connectivity index (χ3n) is 2.48. The maximum atomic E-state index is 11.7. The fraction of sp³-hybridized carbons (Fsp3) is 0.385. The molecule has 0 fully saturated rings. The van der Waals surface area contributed by atoms with Gasteiger partial charge in [0, 0.05) is 28.2 Å². The molecule has 4 amide bonds. The lowest BCUT2D eigenvalue weighted by molar-refractivity contribution is 0.200. The summed E-state index contributed by atoms with van der Waals surface area (Å²) in [4.78, 5) is 26.3. The van der Waals surface area contributed by atoms with Gasteiger partial charge in [-0.3, -0.25) is 0 Å². The standard InChI is InChI=1S/C13H20N4O2/c1-16(2)12(18)14-11(15-13(19)17(3)4)10-8-6-5-7-9-10/h5-9,11H,1-4H3,(H,14,18)(H,15,19). The quantitative estimate of drug-likeness (QED) is 0.806. The summed E-state index contributed by atoms with van der Waals surface area (Å²) >= 11 is 0. The molecule has 0 heterocycles. The highest BCUT2D eigenvalue weighted by Gasteiger charge is 2.18. The molecule has 1 aromatic rings. The maximum Gasteiger partial charge on any atom is 0.318 e. The van der Waals surface area contributed by atoms with Crippen LogP contribution in [0.3, 0.4) is 0 Å². The molecule has 0 aliphatic heterocycles. The van der Waals surface area contributed by atoms with Gasteiger partial charge in [0.25, 0.3) is 0 Å².